The average Bonchev–Trinajstić information content (AvgIpc) is 2.34. The fraction of sp³-hybridized carbons (Fsp3) is 0.684. The van der Waals surface area contributed by atoms with Crippen molar-refractivity contribution < 1.29 is 0 Å². The third-order valence-corrected chi connectivity index (χ3v) is 4.41. The first kappa shape index (κ1) is 16.5. The predicted molar refractivity (Wildman–Crippen MR) is 91.4 cm³/mol. The Morgan fingerprint density at radius 1 is 1.19 bits per heavy atom. The van der Waals surface area contributed by atoms with Gasteiger partial charge in [0.15, 0.2) is 0 Å². The van der Waals surface area contributed by atoms with E-state index in [0.29, 0.717) is 17.5 Å². The second kappa shape index (κ2) is 6.10. The van der Waals surface area contributed by atoms with Gasteiger partial charge in [0.2, 0.25) is 0 Å². The summed E-state index contributed by atoms with van der Waals surface area (Å²) >= 11 is 0. The lowest BCUT2D eigenvalue weighted by molar-refractivity contribution is 0.0282. The molecule has 0 bridgehead atoms. The van der Waals surface area contributed by atoms with Crippen molar-refractivity contribution in [2.45, 2.75) is 72.1 Å². The second-order valence-electron chi connectivity index (χ2n) is 8.50. The van der Waals surface area contributed by atoms with Gasteiger partial charge in [0.05, 0.1) is 0 Å². The molecule has 1 aromatic rings. The molecule has 118 valence electrons. The average molecular weight is 288 g/mol. The zero-order valence-corrected chi connectivity index (χ0v) is 14.6. The number of likely N-dealkylation sites (tertiary alicyclic amines) is 1. The van der Waals surface area contributed by atoms with Crippen LogP contribution in [0, 0.1) is 5.41 Å². The Labute approximate surface area is 130 Å². The van der Waals surface area contributed by atoms with Gasteiger partial charge in [-0.25, -0.2) is 0 Å². The molecule has 0 aromatic heterocycles. The molecule has 0 radical (unpaired) electrons. The molecule has 1 aliphatic heterocycles. The summed E-state index contributed by atoms with van der Waals surface area (Å²) in [5.74, 6) is 0. The quantitative estimate of drug-likeness (QED) is 0.902. The summed E-state index contributed by atoms with van der Waals surface area (Å²) in [6.45, 7) is 16.2. The molecule has 0 amide bonds. The summed E-state index contributed by atoms with van der Waals surface area (Å²) in [4.78, 5) is 2.64. The highest BCUT2D eigenvalue weighted by molar-refractivity contribution is 5.15. The maximum absolute atomic E-state index is 3.84. The standard InChI is InChI=1S/C19H32N2/c1-15-17(20-18(2,3)4)12-19(5,6)14-21(15)13-16-10-8-7-9-11-16/h7-11,15,17,20H,12-14H2,1-6H3/t15-,17+/m1/s1. The summed E-state index contributed by atoms with van der Waals surface area (Å²) < 4.78 is 0. The van der Waals surface area contributed by atoms with Gasteiger partial charge in [-0.3, -0.25) is 4.90 Å². The molecule has 2 rings (SSSR count). The number of benzene rings is 1. The fourth-order valence-electron chi connectivity index (χ4n) is 3.52. The van der Waals surface area contributed by atoms with Crippen molar-refractivity contribution in [1.82, 2.24) is 10.2 Å². The van der Waals surface area contributed by atoms with Crippen LogP contribution in [0.15, 0.2) is 30.3 Å². The highest BCUT2D eigenvalue weighted by Gasteiger charge is 2.38. The molecule has 1 heterocycles. The van der Waals surface area contributed by atoms with E-state index < -0.39 is 0 Å². The minimum atomic E-state index is 0.171. The highest BCUT2D eigenvalue weighted by Crippen LogP contribution is 2.33. The second-order valence-corrected chi connectivity index (χ2v) is 8.50. The molecule has 2 atom stereocenters. The summed E-state index contributed by atoms with van der Waals surface area (Å²) in [6.07, 6.45) is 1.25. The van der Waals surface area contributed by atoms with Crippen molar-refractivity contribution in [2.24, 2.45) is 5.41 Å². The van der Waals surface area contributed by atoms with Gasteiger partial charge < -0.3 is 5.32 Å². The summed E-state index contributed by atoms with van der Waals surface area (Å²) in [5, 5.41) is 3.84. The van der Waals surface area contributed by atoms with Gasteiger partial charge in [-0.15, -0.1) is 0 Å². The smallest absolute Gasteiger partial charge is 0.0237 e. The monoisotopic (exact) mass is 288 g/mol. The van der Waals surface area contributed by atoms with Crippen molar-refractivity contribution >= 4 is 0 Å². The summed E-state index contributed by atoms with van der Waals surface area (Å²) in [5.41, 5.74) is 1.95. The Kier molecular flexibility index (Phi) is 4.79. The molecule has 0 spiro atoms. The van der Waals surface area contributed by atoms with Gasteiger partial charge in [-0.1, -0.05) is 44.2 Å². The van der Waals surface area contributed by atoms with E-state index in [2.05, 4.69) is 82.1 Å². The van der Waals surface area contributed by atoms with Gasteiger partial charge in [0.1, 0.15) is 0 Å². The molecule has 1 aromatic carbocycles. The highest BCUT2D eigenvalue weighted by atomic mass is 15.2. The van der Waals surface area contributed by atoms with E-state index in [-0.39, 0.29) is 5.54 Å². The third-order valence-electron chi connectivity index (χ3n) is 4.41. The first-order valence-electron chi connectivity index (χ1n) is 8.22. The van der Waals surface area contributed by atoms with Crippen LogP contribution in [0.3, 0.4) is 0 Å². The topological polar surface area (TPSA) is 15.3 Å². The Balaban J connectivity index is 2.12. The molecule has 2 nitrogen and oxygen atoms in total. The fourth-order valence-corrected chi connectivity index (χ4v) is 3.52. The maximum atomic E-state index is 3.84. The summed E-state index contributed by atoms with van der Waals surface area (Å²) in [6, 6.07) is 12.0. The number of hydrogen-bond donors (Lipinski definition) is 1. The van der Waals surface area contributed by atoms with Crippen LogP contribution in [0.4, 0.5) is 0 Å². The maximum Gasteiger partial charge on any atom is 0.0237 e. The number of hydrogen-bond acceptors (Lipinski definition) is 2. The molecule has 1 saturated heterocycles. The molecule has 0 saturated carbocycles. The molecule has 0 unspecified atom stereocenters. The predicted octanol–water partition coefficient (Wildman–Crippen LogP) is 4.06. The van der Waals surface area contributed by atoms with Crippen LogP contribution in [0.25, 0.3) is 0 Å². The largest absolute Gasteiger partial charge is 0.308 e. The van der Waals surface area contributed by atoms with Crippen LogP contribution in [0.2, 0.25) is 0 Å². The SMILES string of the molecule is C[C@@H]1[C@@H](NC(C)(C)C)CC(C)(C)CN1Cc1ccccc1. The van der Waals surface area contributed by atoms with Crippen LogP contribution >= 0.6 is 0 Å². The molecule has 1 aliphatic rings. The Bertz CT molecular complexity index is 442. The lowest BCUT2D eigenvalue weighted by atomic mass is 9.78. The van der Waals surface area contributed by atoms with E-state index in [9.17, 15) is 0 Å². The van der Waals surface area contributed by atoms with Crippen molar-refractivity contribution in [1.29, 1.82) is 0 Å². The van der Waals surface area contributed by atoms with Gasteiger partial charge in [-0.2, -0.15) is 0 Å². The third kappa shape index (κ3) is 4.82. The van der Waals surface area contributed by atoms with E-state index in [1.54, 1.807) is 0 Å². The molecular weight excluding hydrogens is 256 g/mol. The zero-order chi connectivity index (χ0) is 15.7. The van der Waals surface area contributed by atoms with Crippen LogP contribution < -0.4 is 5.32 Å². The van der Waals surface area contributed by atoms with E-state index in [0.717, 1.165) is 6.54 Å². The lowest BCUT2D eigenvalue weighted by Crippen LogP contribution is -2.60. The van der Waals surface area contributed by atoms with Gasteiger partial charge in [-0.05, 0) is 45.1 Å². The van der Waals surface area contributed by atoms with E-state index in [4.69, 9.17) is 0 Å². The molecule has 2 heteroatoms. The molecule has 1 N–H and O–H groups in total. The number of nitrogens with zero attached hydrogens (tertiary/aromatic N) is 1. The van der Waals surface area contributed by atoms with E-state index in [1.165, 1.54) is 18.5 Å². The van der Waals surface area contributed by atoms with Crippen LogP contribution in [0.5, 0.6) is 0 Å². The molecule has 21 heavy (non-hydrogen) atoms. The van der Waals surface area contributed by atoms with Gasteiger partial charge >= 0.3 is 0 Å². The van der Waals surface area contributed by atoms with Crippen LogP contribution in [-0.4, -0.2) is 29.1 Å². The Morgan fingerprint density at radius 3 is 2.38 bits per heavy atom. The van der Waals surface area contributed by atoms with Crippen LogP contribution in [0.1, 0.15) is 53.5 Å². The molecule has 1 fully saturated rings. The minimum absolute atomic E-state index is 0.171. The Hall–Kier alpha value is -0.860. The van der Waals surface area contributed by atoms with Gasteiger partial charge in [0, 0.05) is 30.7 Å². The van der Waals surface area contributed by atoms with Crippen molar-refractivity contribution in [3.05, 3.63) is 35.9 Å². The lowest BCUT2D eigenvalue weighted by Gasteiger charge is -2.49. The number of rotatable bonds is 3. The van der Waals surface area contributed by atoms with Crippen molar-refractivity contribution in [2.75, 3.05) is 6.54 Å². The Morgan fingerprint density at radius 2 is 1.81 bits per heavy atom. The zero-order valence-electron chi connectivity index (χ0n) is 14.6. The first-order valence-corrected chi connectivity index (χ1v) is 8.22. The molecule has 0 aliphatic carbocycles. The van der Waals surface area contributed by atoms with E-state index >= 15 is 0 Å². The van der Waals surface area contributed by atoms with Crippen molar-refractivity contribution in [3.8, 4) is 0 Å². The molecular formula is C19H32N2. The normalized spacial score (nSPS) is 26.8. The number of nitrogens with one attached hydrogen (secondary N) is 1. The first-order chi connectivity index (χ1) is 9.66. The number of piperidine rings is 1. The van der Waals surface area contributed by atoms with E-state index in [1.807, 2.05) is 0 Å². The van der Waals surface area contributed by atoms with Crippen molar-refractivity contribution in [3.63, 3.8) is 0 Å². The van der Waals surface area contributed by atoms with Gasteiger partial charge in [0.25, 0.3) is 0 Å². The van der Waals surface area contributed by atoms with Crippen LogP contribution in [-0.2, 0) is 6.54 Å². The minimum Gasteiger partial charge on any atom is -0.308 e. The summed E-state index contributed by atoms with van der Waals surface area (Å²) in [7, 11) is 0.